The first-order valence-corrected chi connectivity index (χ1v) is 4.43. The van der Waals surface area contributed by atoms with Gasteiger partial charge in [0.2, 0.25) is 0 Å². The molecule has 0 aliphatic rings. The molecule has 0 aliphatic heterocycles. The van der Waals surface area contributed by atoms with Crippen LogP contribution in [0.2, 0.25) is 0 Å². The molecule has 1 N–H and O–H groups in total. The number of imidazole rings is 1. The van der Waals surface area contributed by atoms with Gasteiger partial charge in [0.1, 0.15) is 5.65 Å². The van der Waals surface area contributed by atoms with Crippen molar-refractivity contribution in [2.45, 2.75) is 12.8 Å². The van der Waals surface area contributed by atoms with Crippen molar-refractivity contribution >= 4 is 5.65 Å². The van der Waals surface area contributed by atoms with Crippen LogP contribution >= 0.6 is 0 Å². The van der Waals surface area contributed by atoms with Gasteiger partial charge in [-0.15, -0.1) is 0 Å². The van der Waals surface area contributed by atoms with Gasteiger partial charge in [-0.05, 0) is 25.0 Å². The van der Waals surface area contributed by atoms with Crippen LogP contribution in [0, 0.1) is 0 Å². The molecule has 0 saturated heterocycles. The molecule has 0 radical (unpaired) electrons. The predicted molar refractivity (Wildman–Crippen MR) is 50.6 cm³/mol. The number of aryl methyl sites for hydroxylation is 1. The van der Waals surface area contributed by atoms with Gasteiger partial charge in [0.25, 0.3) is 0 Å². The van der Waals surface area contributed by atoms with E-state index >= 15 is 0 Å². The third-order valence-corrected chi connectivity index (χ3v) is 2.10. The third-order valence-electron chi connectivity index (χ3n) is 2.10. The molecule has 2 aromatic rings. The van der Waals surface area contributed by atoms with E-state index in [0.29, 0.717) is 0 Å². The molecular weight excluding hydrogens is 164 g/mol. The summed E-state index contributed by atoms with van der Waals surface area (Å²) in [5.74, 6) is 0. The zero-order valence-electron chi connectivity index (χ0n) is 7.35. The summed E-state index contributed by atoms with van der Waals surface area (Å²) in [7, 11) is 0. The van der Waals surface area contributed by atoms with Crippen molar-refractivity contribution in [3.63, 3.8) is 0 Å². The molecule has 2 rings (SSSR count). The van der Waals surface area contributed by atoms with Gasteiger partial charge in [0.05, 0.1) is 0 Å². The summed E-state index contributed by atoms with van der Waals surface area (Å²) in [5.41, 5.74) is 2.17. The summed E-state index contributed by atoms with van der Waals surface area (Å²) >= 11 is 0. The van der Waals surface area contributed by atoms with Crippen molar-refractivity contribution in [1.29, 1.82) is 0 Å². The van der Waals surface area contributed by atoms with Gasteiger partial charge >= 0.3 is 0 Å². The highest BCUT2D eigenvalue weighted by Crippen LogP contribution is 2.07. The molecule has 0 atom stereocenters. The van der Waals surface area contributed by atoms with Gasteiger partial charge in [-0.3, -0.25) is 0 Å². The van der Waals surface area contributed by atoms with Gasteiger partial charge in [-0.2, -0.15) is 0 Å². The number of aliphatic hydroxyl groups excluding tert-OH is 1. The Labute approximate surface area is 76.7 Å². The first kappa shape index (κ1) is 8.26. The van der Waals surface area contributed by atoms with Crippen LogP contribution < -0.4 is 0 Å². The molecule has 0 saturated carbocycles. The number of nitrogens with zero attached hydrogens (tertiary/aromatic N) is 2. The third kappa shape index (κ3) is 1.55. The number of hydrogen-bond donors (Lipinski definition) is 1. The van der Waals surface area contributed by atoms with Crippen molar-refractivity contribution in [2.24, 2.45) is 0 Å². The lowest BCUT2D eigenvalue weighted by molar-refractivity contribution is 0.288. The number of hydrogen-bond acceptors (Lipinski definition) is 2. The molecular formula is C10H12N2O. The van der Waals surface area contributed by atoms with E-state index in [0.717, 1.165) is 18.5 Å². The van der Waals surface area contributed by atoms with Crippen LogP contribution in [-0.2, 0) is 6.42 Å². The second-order valence-electron chi connectivity index (χ2n) is 3.00. The van der Waals surface area contributed by atoms with E-state index in [-0.39, 0.29) is 6.61 Å². The van der Waals surface area contributed by atoms with E-state index < -0.39 is 0 Å². The summed E-state index contributed by atoms with van der Waals surface area (Å²) in [6.07, 6.45) is 5.43. The second kappa shape index (κ2) is 3.58. The summed E-state index contributed by atoms with van der Waals surface area (Å²) < 4.78 is 2.05. The topological polar surface area (TPSA) is 37.5 Å². The average Bonchev–Trinajstić information content (AvgIpc) is 2.62. The van der Waals surface area contributed by atoms with Gasteiger partial charge in [-0.1, -0.05) is 6.07 Å². The summed E-state index contributed by atoms with van der Waals surface area (Å²) in [6.45, 7) is 0.241. The minimum Gasteiger partial charge on any atom is -0.396 e. The largest absolute Gasteiger partial charge is 0.396 e. The predicted octanol–water partition coefficient (Wildman–Crippen LogP) is 1.26. The maximum atomic E-state index is 8.73. The lowest BCUT2D eigenvalue weighted by Gasteiger charge is -2.03. The Morgan fingerprint density at radius 2 is 2.31 bits per heavy atom. The van der Waals surface area contributed by atoms with Crippen molar-refractivity contribution in [3.05, 3.63) is 36.3 Å². The summed E-state index contributed by atoms with van der Waals surface area (Å²) in [5, 5.41) is 8.73. The molecule has 0 bridgehead atoms. The molecule has 0 aliphatic carbocycles. The van der Waals surface area contributed by atoms with E-state index in [2.05, 4.69) is 15.5 Å². The first-order valence-electron chi connectivity index (χ1n) is 4.43. The van der Waals surface area contributed by atoms with E-state index in [1.165, 1.54) is 5.69 Å². The van der Waals surface area contributed by atoms with Crippen LogP contribution in [0.15, 0.2) is 30.6 Å². The zero-order chi connectivity index (χ0) is 9.10. The van der Waals surface area contributed by atoms with Crippen LogP contribution in [-0.4, -0.2) is 21.1 Å². The fraction of sp³-hybridized carbons (Fsp3) is 0.300. The first-order chi connectivity index (χ1) is 6.42. The van der Waals surface area contributed by atoms with Crippen molar-refractivity contribution < 1.29 is 5.11 Å². The molecule has 0 unspecified atom stereocenters. The highest BCUT2D eigenvalue weighted by molar-refractivity contribution is 5.39. The fourth-order valence-electron chi connectivity index (χ4n) is 1.47. The molecule has 3 nitrogen and oxygen atoms in total. The van der Waals surface area contributed by atoms with E-state index in [1.807, 2.05) is 18.3 Å². The minimum atomic E-state index is 0.241. The Hall–Kier alpha value is -1.35. The number of aliphatic hydroxyl groups is 1. The summed E-state index contributed by atoms with van der Waals surface area (Å²) in [6, 6.07) is 6.03. The van der Waals surface area contributed by atoms with Gasteiger partial charge in [0, 0.05) is 24.7 Å². The fourth-order valence-corrected chi connectivity index (χ4v) is 1.47. The maximum absolute atomic E-state index is 8.73. The second-order valence-corrected chi connectivity index (χ2v) is 3.00. The van der Waals surface area contributed by atoms with Gasteiger partial charge < -0.3 is 9.51 Å². The van der Waals surface area contributed by atoms with Crippen LogP contribution in [0.4, 0.5) is 0 Å². The van der Waals surface area contributed by atoms with E-state index in [4.69, 9.17) is 5.11 Å². The molecule has 3 heteroatoms. The lowest BCUT2D eigenvalue weighted by Crippen LogP contribution is -1.97. The zero-order valence-corrected chi connectivity index (χ0v) is 7.35. The van der Waals surface area contributed by atoms with E-state index in [9.17, 15) is 0 Å². The van der Waals surface area contributed by atoms with Crippen molar-refractivity contribution in [1.82, 2.24) is 9.38 Å². The number of fused-ring (bicyclic) bond motifs is 1. The Kier molecular flexibility index (Phi) is 2.27. The maximum Gasteiger partial charge on any atom is 0.136 e. The standard InChI is InChI=1S/C10H12N2O/c13-8-2-4-9-3-1-5-10-11-6-7-12(9)10/h1,3,5-7,13H,2,4,8H2. The highest BCUT2D eigenvalue weighted by atomic mass is 16.2. The Balaban J connectivity index is 2.37. The van der Waals surface area contributed by atoms with Crippen molar-refractivity contribution in [3.8, 4) is 0 Å². The van der Waals surface area contributed by atoms with Crippen molar-refractivity contribution in [2.75, 3.05) is 6.61 Å². The summed E-state index contributed by atoms with van der Waals surface area (Å²) in [4.78, 5) is 4.19. The van der Waals surface area contributed by atoms with Crippen LogP contribution in [0.25, 0.3) is 5.65 Å². The van der Waals surface area contributed by atoms with Crippen LogP contribution in [0.3, 0.4) is 0 Å². The molecule has 13 heavy (non-hydrogen) atoms. The monoisotopic (exact) mass is 176 g/mol. The Bertz CT molecular complexity index is 394. The van der Waals surface area contributed by atoms with Crippen LogP contribution in [0.1, 0.15) is 12.1 Å². The molecule has 0 aromatic carbocycles. The highest BCUT2D eigenvalue weighted by Gasteiger charge is 1.98. The van der Waals surface area contributed by atoms with Gasteiger partial charge in [0.15, 0.2) is 0 Å². The minimum absolute atomic E-state index is 0.241. The Morgan fingerprint density at radius 1 is 1.38 bits per heavy atom. The van der Waals surface area contributed by atoms with Crippen LogP contribution in [0.5, 0.6) is 0 Å². The normalized spacial score (nSPS) is 10.8. The van der Waals surface area contributed by atoms with E-state index in [1.54, 1.807) is 6.20 Å². The number of rotatable bonds is 3. The lowest BCUT2D eigenvalue weighted by atomic mass is 10.2. The molecule has 0 spiro atoms. The molecule has 0 amide bonds. The smallest absolute Gasteiger partial charge is 0.136 e. The molecule has 0 fully saturated rings. The Morgan fingerprint density at radius 3 is 3.15 bits per heavy atom. The molecule has 2 aromatic heterocycles. The number of pyridine rings is 1. The SMILES string of the molecule is OCCCc1cccc2nccn12. The number of aromatic nitrogens is 2. The average molecular weight is 176 g/mol. The quantitative estimate of drug-likeness (QED) is 0.764. The molecule has 68 valence electrons. The van der Waals surface area contributed by atoms with Gasteiger partial charge in [-0.25, -0.2) is 4.98 Å². The molecule has 2 heterocycles.